The lowest BCUT2D eigenvalue weighted by Crippen LogP contribution is -2.39. The fourth-order valence-corrected chi connectivity index (χ4v) is 4.96. The summed E-state index contributed by atoms with van der Waals surface area (Å²) in [5.74, 6) is 0.125. The third kappa shape index (κ3) is 2.82. The number of fused-ring (bicyclic) bond motifs is 1. The van der Waals surface area contributed by atoms with Gasteiger partial charge in [0, 0.05) is 36.6 Å². The third-order valence-corrected chi connectivity index (χ3v) is 6.47. The van der Waals surface area contributed by atoms with Gasteiger partial charge in [0.25, 0.3) is 5.91 Å². The molecule has 2 fully saturated rings. The van der Waals surface area contributed by atoms with Crippen molar-refractivity contribution >= 4 is 17.2 Å². The van der Waals surface area contributed by atoms with Crippen molar-refractivity contribution in [2.24, 2.45) is 0 Å². The zero-order chi connectivity index (χ0) is 15.1. The summed E-state index contributed by atoms with van der Waals surface area (Å²) in [6, 6.07) is 3.48. The van der Waals surface area contributed by atoms with Crippen molar-refractivity contribution in [2.75, 3.05) is 19.6 Å². The minimum Gasteiger partial charge on any atom is -0.350 e. The maximum Gasteiger partial charge on any atom is 0.261 e. The number of nitrogens with zero attached hydrogens (tertiary/aromatic N) is 2. The second kappa shape index (κ2) is 5.95. The van der Waals surface area contributed by atoms with E-state index in [9.17, 15) is 4.79 Å². The van der Waals surface area contributed by atoms with Crippen LogP contribution in [0.5, 0.6) is 0 Å². The van der Waals surface area contributed by atoms with Crippen molar-refractivity contribution in [3.05, 3.63) is 21.4 Å². The lowest BCUT2D eigenvalue weighted by Gasteiger charge is -2.22. The summed E-state index contributed by atoms with van der Waals surface area (Å²) in [7, 11) is 0. The monoisotopic (exact) mass is 319 g/mol. The van der Waals surface area contributed by atoms with E-state index in [1.165, 1.54) is 42.7 Å². The van der Waals surface area contributed by atoms with Gasteiger partial charge >= 0.3 is 0 Å². The van der Waals surface area contributed by atoms with Crippen molar-refractivity contribution in [3.63, 3.8) is 0 Å². The van der Waals surface area contributed by atoms with E-state index in [0.29, 0.717) is 6.04 Å². The van der Waals surface area contributed by atoms with Crippen molar-refractivity contribution in [3.8, 4) is 0 Å². The summed E-state index contributed by atoms with van der Waals surface area (Å²) in [6.45, 7) is 7.38. The second-order valence-corrected chi connectivity index (χ2v) is 7.97. The van der Waals surface area contributed by atoms with E-state index in [1.54, 1.807) is 11.3 Å². The van der Waals surface area contributed by atoms with Crippen molar-refractivity contribution in [1.82, 2.24) is 15.1 Å². The first-order chi connectivity index (χ1) is 10.7. The van der Waals surface area contributed by atoms with Gasteiger partial charge in [0.15, 0.2) is 0 Å². The highest BCUT2D eigenvalue weighted by Crippen LogP contribution is 2.38. The Morgan fingerprint density at radius 3 is 2.95 bits per heavy atom. The van der Waals surface area contributed by atoms with Gasteiger partial charge in [-0.1, -0.05) is 6.92 Å². The lowest BCUT2D eigenvalue weighted by atomic mass is 10.2. The Balaban J connectivity index is 1.33. The molecule has 0 spiro atoms. The number of carbonyl (C=O) groups excluding carboxylic acids is 1. The van der Waals surface area contributed by atoms with Crippen molar-refractivity contribution in [2.45, 2.75) is 57.8 Å². The van der Waals surface area contributed by atoms with Crippen LogP contribution in [-0.2, 0) is 13.1 Å². The molecule has 5 heteroatoms. The summed E-state index contributed by atoms with van der Waals surface area (Å²) in [5, 5.41) is 3.16. The highest BCUT2D eigenvalue weighted by Gasteiger charge is 2.34. The van der Waals surface area contributed by atoms with Gasteiger partial charge < -0.3 is 5.32 Å². The molecule has 1 unspecified atom stereocenters. The molecule has 1 aromatic heterocycles. The van der Waals surface area contributed by atoms with Gasteiger partial charge in [-0.05, 0) is 50.4 Å². The normalized spacial score (nSPS) is 25.6. The zero-order valence-corrected chi connectivity index (χ0v) is 14.1. The molecule has 1 aromatic rings. The fraction of sp³-hybridized carbons (Fsp3) is 0.706. The molecule has 1 saturated carbocycles. The first-order valence-electron chi connectivity index (χ1n) is 8.62. The molecular weight excluding hydrogens is 294 g/mol. The molecule has 0 bridgehead atoms. The molecule has 3 heterocycles. The predicted molar refractivity (Wildman–Crippen MR) is 89.2 cm³/mol. The van der Waals surface area contributed by atoms with Gasteiger partial charge in [-0.2, -0.15) is 0 Å². The Hall–Kier alpha value is -0.910. The molecule has 1 aliphatic carbocycles. The van der Waals surface area contributed by atoms with Crippen molar-refractivity contribution in [1.29, 1.82) is 0 Å². The molecule has 22 heavy (non-hydrogen) atoms. The van der Waals surface area contributed by atoms with Gasteiger partial charge in [-0.3, -0.25) is 14.6 Å². The van der Waals surface area contributed by atoms with E-state index in [-0.39, 0.29) is 5.91 Å². The molecular formula is C17H25N3OS. The van der Waals surface area contributed by atoms with Crippen LogP contribution in [0.2, 0.25) is 0 Å². The topological polar surface area (TPSA) is 35.6 Å². The summed E-state index contributed by atoms with van der Waals surface area (Å²) in [6.07, 6.45) is 5.19. The van der Waals surface area contributed by atoms with Gasteiger partial charge in [0.1, 0.15) is 0 Å². The largest absolute Gasteiger partial charge is 0.350 e. The molecule has 0 aromatic carbocycles. The third-order valence-electron chi connectivity index (χ3n) is 5.31. The Bertz CT molecular complexity index is 543. The number of amides is 1. The van der Waals surface area contributed by atoms with Crippen LogP contribution in [0.3, 0.4) is 0 Å². The molecule has 1 saturated heterocycles. The molecule has 0 radical (unpaired) electrons. The Morgan fingerprint density at radius 1 is 1.36 bits per heavy atom. The van der Waals surface area contributed by atoms with Crippen LogP contribution in [-0.4, -0.2) is 47.4 Å². The zero-order valence-electron chi connectivity index (χ0n) is 13.3. The van der Waals surface area contributed by atoms with Crippen LogP contribution in [0.15, 0.2) is 6.07 Å². The minimum absolute atomic E-state index is 0.125. The summed E-state index contributed by atoms with van der Waals surface area (Å²) in [5.41, 5.74) is 1.39. The maximum absolute atomic E-state index is 12.4. The summed E-state index contributed by atoms with van der Waals surface area (Å²) < 4.78 is 0. The van der Waals surface area contributed by atoms with Crippen LogP contribution in [0, 0.1) is 0 Å². The predicted octanol–water partition coefficient (Wildman–Crippen LogP) is 2.44. The lowest BCUT2D eigenvalue weighted by molar-refractivity contribution is 0.0945. The molecule has 3 aliphatic rings. The van der Waals surface area contributed by atoms with E-state index in [1.807, 2.05) is 0 Å². The summed E-state index contributed by atoms with van der Waals surface area (Å²) >= 11 is 1.70. The average molecular weight is 319 g/mol. The number of hydrogen-bond acceptors (Lipinski definition) is 4. The first-order valence-corrected chi connectivity index (χ1v) is 9.44. The maximum atomic E-state index is 12.4. The number of likely N-dealkylation sites (tertiary alicyclic amines) is 1. The Morgan fingerprint density at radius 2 is 2.23 bits per heavy atom. The number of likely N-dealkylation sites (N-methyl/N-ethyl adjacent to an activating group) is 1. The quantitative estimate of drug-likeness (QED) is 0.905. The first kappa shape index (κ1) is 14.7. The van der Waals surface area contributed by atoms with Crippen LogP contribution in [0.4, 0.5) is 0 Å². The molecule has 1 atom stereocenters. The van der Waals surface area contributed by atoms with Crippen LogP contribution < -0.4 is 5.32 Å². The fourth-order valence-electron chi connectivity index (χ4n) is 3.84. The molecule has 1 amide bonds. The highest BCUT2D eigenvalue weighted by atomic mass is 32.1. The van der Waals surface area contributed by atoms with E-state index >= 15 is 0 Å². The molecule has 2 aliphatic heterocycles. The van der Waals surface area contributed by atoms with Gasteiger partial charge in [0.2, 0.25) is 0 Å². The van der Waals surface area contributed by atoms with E-state index in [2.05, 4.69) is 28.1 Å². The molecule has 120 valence electrons. The van der Waals surface area contributed by atoms with Crippen LogP contribution in [0.1, 0.15) is 52.7 Å². The average Bonchev–Trinajstić information content (AvgIpc) is 2.96. The Kier molecular flexibility index (Phi) is 3.96. The van der Waals surface area contributed by atoms with Crippen molar-refractivity contribution < 1.29 is 4.79 Å². The van der Waals surface area contributed by atoms with Gasteiger partial charge in [-0.25, -0.2) is 0 Å². The van der Waals surface area contributed by atoms with Crippen LogP contribution in [0.25, 0.3) is 0 Å². The van der Waals surface area contributed by atoms with Gasteiger partial charge in [-0.15, -0.1) is 11.3 Å². The molecule has 4 rings (SSSR count). The highest BCUT2D eigenvalue weighted by molar-refractivity contribution is 7.14. The number of thiophene rings is 1. The number of rotatable bonds is 5. The van der Waals surface area contributed by atoms with E-state index < -0.39 is 0 Å². The SMILES string of the molecule is CCN1CCCC1CNC(=O)c1cc2c(s1)CN(C1CC1)C2. The molecule has 4 nitrogen and oxygen atoms in total. The number of carbonyl (C=O) groups is 1. The minimum atomic E-state index is 0.125. The van der Waals surface area contributed by atoms with Crippen LogP contribution >= 0.6 is 11.3 Å². The molecule has 1 N–H and O–H groups in total. The second-order valence-electron chi connectivity index (χ2n) is 6.83. The van der Waals surface area contributed by atoms with E-state index in [0.717, 1.165) is 37.1 Å². The summed E-state index contributed by atoms with van der Waals surface area (Å²) in [4.78, 5) is 19.7. The Labute approximate surface area is 136 Å². The van der Waals surface area contributed by atoms with Gasteiger partial charge in [0.05, 0.1) is 4.88 Å². The number of nitrogens with one attached hydrogen (secondary N) is 1. The van der Waals surface area contributed by atoms with E-state index in [4.69, 9.17) is 0 Å². The standard InChI is InChI=1S/C17H25N3OS/c1-2-19-7-3-4-14(19)9-18-17(21)15-8-12-10-20(13-5-6-13)11-16(12)22-15/h8,13-14H,2-7,9-11H2,1H3,(H,18,21). The smallest absolute Gasteiger partial charge is 0.261 e. The number of hydrogen-bond donors (Lipinski definition) is 1.